The predicted molar refractivity (Wildman–Crippen MR) is 69.1 cm³/mol. The summed E-state index contributed by atoms with van der Waals surface area (Å²) in [4.78, 5) is 0. The molecule has 0 radical (unpaired) electrons. The van der Waals surface area contributed by atoms with Crippen molar-refractivity contribution >= 4 is 0 Å². The van der Waals surface area contributed by atoms with Gasteiger partial charge in [0, 0.05) is 0 Å². The lowest BCUT2D eigenvalue weighted by molar-refractivity contribution is 0.227. The Morgan fingerprint density at radius 2 is 0.733 bits per heavy atom. The molecule has 0 saturated heterocycles. The molecule has 2 aliphatic carbocycles. The largest absolute Gasteiger partial charge is 0.0683 e. The van der Waals surface area contributed by atoms with Gasteiger partial charge in [0.05, 0.1) is 0 Å². The van der Waals surface area contributed by atoms with Gasteiger partial charge < -0.3 is 0 Å². The van der Waals surface area contributed by atoms with Crippen molar-refractivity contribution in [3.8, 4) is 0 Å². The van der Waals surface area contributed by atoms with Crippen LogP contribution in [-0.2, 0) is 0 Å². The monoisotopic (exact) mass is 210 g/mol. The van der Waals surface area contributed by atoms with Crippen LogP contribution >= 0.6 is 0 Å². The van der Waals surface area contributed by atoms with Crippen LogP contribution in [0.1, 0.15) is 84.5 Å². The maximum absolute atomic E-state index is 2.00. The average Bonchev–Trinajstić information content (AvgIpc) is 2.61. The minimum atomic E-state index is 1.13. The fraction of sp³-hybridized carbons (Fsp3) is 1.00. The minimum absolute atomic E-state index is 1.13. The van der Waals surface area contributed by atoms with Gasteiger partial charge in [-0.3, -0.25) is 0 Å². The second-order valence-electron chi connectivity index (χ2n) is 5.15. The molecule has 0 bridgehead atoms. The molecule has 0 spiro atoms. The molecule has 0 N–H and O–H groups in total. The standard InChI is InChI=1S/C13H24.C2H6/c1-2-5-9-12(8-4-1)13-10-6-3-7-11-13;1-2/h12-13H,1-11H2;1-2H3. The Labute approximate surface area is 96.8 Å². The van der Waals surface area contributed by atoms with Crippen LogP contribution in [0.15, 0.2) is 0 Å². The summed E-state index contributed by atoms with van der Waals surface area (Å²) in [6.07, 6.45) is 16.9. The van der Waals surface area contributed by atoms with Gasteiger partial charge in [0.1, 0.15) is 0 Å². The van der Waals surface area contributed by atoms with E-state index in [9.17, 15) is 0 Å². The fourth-order valence-corrected chi connectivity index (χ4v) is 3.39. The highest BCUT2D eigenvalue weighted by molar-refractivity contribution is 4.75. The molecule has 90 valence electrons. The first-order valence-electron chi connectivity index (χ1n) is 7.47. The van der Waals surface area contributed by atoms with E-state index in [0.717, 1.165) is 11.8 Å². The molecule has 0 heterocycles. The van der Waals surface area contributed by atoms with Gasteiger partial charge in [-0.25, -0.2) is 0 Å². The zero-order valence-electron chi connectivity index (χ0n) is 10.9. The van der Waals surface area contributed by atoms with Crippen LogP contribution in [0.4, 0.5) is 0 Å². The molecule has 2 saturated carbocycles. The Balaban J connectivity index is 0.000000531. The van der Waals surface area contributed by atoms with Gasteiger partial charge in [-0.1, -0.05) is 84.5 Å². The van der Waals surface area contributed by atoms with E-state index in [1.165, 1.54) is 44.9 Å². The normalized spacial score (nSPS) is 25.2. The van der Waals surface area contributed by atoms with Crippen LogP contribution in [0, 0.1) is 11.8 Å². The molecule has 0 aromatic heterocycles. The molecule has 0 aromatic carbocycles. The molecule has 0 atom stereocenters. The van der Waals surface area contributed by atoms with Gasteiger partial charge in [-0.2, -0.15) is 0 Å². The van der Waals surface area contributed by atoms with Crippen LogP contribution < -0.4 is 0 Å². The smallest absolute Gasteiger partial charge is 0.0386 e. The topological polar surface area (TPSA) is 0 Å². The molecular weight excluding hydrogens is 180 g/mol. The Morgan fingerprint density at radius 1 is 0.467 bits per heavy atom. The zero-order valence-corrected chi connectivity index (χ0v) is 10.9. The highest BCUT2D eigenvalue weighted by atomic mass is 14.3. The van der Waals surface area contributed by atoms with Crippen molar-refractivity contribution in [1.82, 2.24) is 0 Å². The number of rotatable bonds is 1. The summed E-state index contributed by atoms with van der Waals surface area (Å²) >= 11 is 0. The van der Waals surface area contributed by atoms with Gasteiger partial charge in [-0.05, 0) is 11.8 Å². The van der Waals surface area contributed by atoms with Gasteiger partial charge in [-0.15, -0.1) is 0 Å². The SMILES string of the molecule is C1CCCC(C2CCCCC2)CC1.CC. The van der Waals surface area contributed by atoms with Gasteiger partial charge in [0.2, 0.25) is 0 Å². The van der Waals surface area contributed by atoms with Gasteiger partial charge in [0.15, 0.2) is 0 Å². The third-order valence-electron chi connectivity index (χ3n) is 4.22. The first kappa shape index (κ1) is 13.1. The molecule has 2 rings (SSSR count). The third kappa shape index (κ3) is 4.57. The molecule has 0 aromatic rings. The fourth-order valence-electron chi connectivity index (χ4n) is 3.39. The quantitative estimate of drug-likeness (QED) is 0.497. The summed E-state index contributed by atoms with van der Waals surface area (Å²) in [6.45, 7) is 4.00. The summed E-state index contributed by atoms with van der Waals surface area (Å²) in [7, 11) is 0. The molecule has 15 heavy (non-hydrogen) atoms. The molecule has 0 aliphatic heterocycles. The molecule has 2 fully saturated rings. The van der Waals surface area contributed by atoms with E-state index in [2.05, 4.69) is 0 Å². The molecular formula is C15H30. The van der Waals surface area contributed by atoms with E-state index in [4.69, 9.17) is 0 Å². The maximum Gasteiger partial charge on any atom is -0.0386 e. The summed E-state index contributed by atoms with van der Waals surface area (Å²) in [5.41, 5.74) is 0. The Bertz CT molecular complexity index is 125. The van der Waals surface area contributed by atoms with E-state index in [0.29, 0.717) is 0 Å². The van der Waals surface area contributed by atoms with Gasteiger partial charge >= 0.3 is 0 Å². The highest BCUT2D eigenvalue weighted by Gasteiger charge is 2.23. The lowest BCUT2D eigenvalue weighted by Crippen LogP contribution is -2.17. The molecule has 0 nitrogen and oxygen atoms in total. The van der Waals surface area contributed by atoms with Crippen LogP contribution in [0.25, 0.3) is 0 Å². The third-order valence-corrected chi connectivity index (χ3v) is 4.22. The first-order chi connectivity index (χ1) is 7.47. The molecule has 0 amide bonds. The second kappa shape index (κ2) is 8.19. The summed E-state index contributed by atoms with van der Waals surface area (Å²) < 4.78 is 0. The van der Waals surface area contributed by atoms with E-state index in [1.54, 1.807) is 25.7 Å². The van der Waals surface area contributed by atoms with Crippen molar-refractivity contribution in [1.29, 1.82) is 0 Å². The van der Waals surface area contributed by atoms with Crippen LogP contribution in [0.3, 0.4) is 0 Å². The van der Waals surface area contributed by atoms with Crippen molar-refractivity contribution < 1.29 is 0 Å². The maximum atomic E-state index is 2.00. The lowest BCUT2D eigenvalue weighted by atomic mass is 9.77. The van der Waals surface area contributed by atoms with E-state index < -0.39 is 0 Å². The average molecular weight is 210 g/mol. The van der Waals surface area contributed by atoms with E-state index >= 15 is 0 Å². The van der Waals surface area contributed by atoms with Crippen molar-refractivity contribution in [2.24, 2.45) is 11.8 Å². The van der Waals surface area contributed by atoms with Crippen LogP contribution in [-0.4, -0.2) is 0 Å². The van der Waals surface area contributed by atoms with Crippen molar-refractivity contribution in [3.63, 3.8) is 0 Å². The van der Waals surface area contributed by atoms with Crippen molar-refractivity contribution in [2.45, 2.75) is 84.5 Å². The summed E-state index contributed by atoms with van der Waals surface area (Å²) in [5, 5.41) is 0. The van der Waals surface area contributed by atoms with Crippen molar-refractivity contribution in [2.75, 3.05) is 0 Å². The summed E-state index contributed by atoms with van der Waals surface area (Å²) in [5.74, 6) is 2.26. The Hall–Kier alpha value is 0. The van der Waals surface area contributed by atoms with Crippen LogP contribution in [0.2, 0.25) is 0 Å². The van der Waals surface area contributed by atoms with E-state index in [-0.39, 0.29) is 0 Å². The van der Waals surface area contributed by atoms with Gasteiger partial charge in [0.25, 0.3) is 0 Å². The molecule has 2 aliphatic rings. The number of hydrogen-bond donors (Lipinski definition) is 0. The number of hydrogen-bond acceptors (Lipinski definition) is 0. The minimum Gasteiger partial charge on any atom is -0.0683 e. The molecule has 0 unspecified atom stereocenters. The van der Waals surface area contributed by atoms with Crippen molar-refractivity contribution in [3.05, 3.63) is 0 Å². The zero-order chi connectivity index (χ0) is 10.9. The lowest BCUT2D eigenvalue weighted by Gasteiger charge is -2.29. The van der Waals surface area contributed by atoms with E-state index in [1.807, 2.05) is 13.8 Å². The second-order valence-corrected chi connectivity index (χ2v) is 5.15. The molecule has 0 heteroatoms. The first-order valence-corrected chi connectivity index (χ1v) is 7.47. The Morgan fingerprint density at radius 3 is 1.07 bits per heavy atom. The Kier molecular flexibility index (Phi) is 7.13. The highest BCUT2D eigenvalue weighted by Crippen LogP contribution is 2.37. The van der Waals surface area contributed by atoms with Crippen LogP contribution in [0.5, 0.6) is 0 Å². The predicted octanol–water partition coefficient (Wildman–Crippen LogP) is 5.56. The summed E-state index contributed by atoms with van der Waals surface area (Å²) in [6, 6.07) is 0.